The van der Waals surface area contributed by atoms with Gasteiger partial charge in [0.2, 0.25) is 5.91 Å². The highest BCUT2D eigenvalue weighted by Crippen LogP contribution is 2.35. The van der Waals surface area contributed by atoms with Gasteiger partial charge in [0.1, 0.15) is 0 Å². The van der Waals surface area contributed by atoms with Crippen LogP contribution in [0.25, 0.3) is 0 Å². The van der Waals surface area contributed by atoms with E-state index in [9.17, 15) is 13.6 Å². The van der Waals surface area contributed by atoms with Crippen LogP contribution in [-0.4, -0.2) is 63.6 Å². The van der Waals surface area contributed by atoms with E-state index in [0.717, 1.165) is 39.1 Å². The maximum atomic E-state index is 14.8. The van der Waals surface area contributed by atoms with Gasteiger partial charge in [-0.3, -0.25) is 14.7 Å². The number of fused-ring (bicyclic) bond motifs is 2. The highest BCUT2D eigenvalue weighted by atomic mass is 19.3. The average Bonchev–Trinajstić information content (AvgIpc) is 3.29. The quantitative estimate of drug-likeness (QED) is 0.532. The molecule has 190 valence electrons. The summed E-state index contributed by atoms with van der Waals surface area (Å²) in [6, 6.07) is 13.4. The number of ether oxygens (including phenoxy) is 1. The highest BCUT2D eigenvalue weighted by Gasteiger charge is 2.44. The SMILES string of the molecule is COc1ncc(C2=NCc3cc4c(cc32)CN(C2CN(Cc3ccccc3)CC(F)(F)C2)C(=O)C4)cn1. The van der Waals surface area contributed by atoms with E-state index in [0.29, 0.717) is 26.2 Å². The van der Waals surface area contributed by atoms with E-state index in [1.165, 1.54) is 7.11 Å². The van der Waals surface area contributed by atoms with Crippen molar-refractivity contribution >= 4 is 11.6 Å². The van der Waals surface area contributed by atoms with Gasteiger partial charge in [-0.2, -0.15) is 0 Å². The monoisotopic (exact) mass is 503 g/mol. The number of benzene rings is 2. The van der Waals surface area contributed by atoms with Crippen LogP contribution in [0.1, 0.15) is 39.8 Å². The summed E-state index contributed by atoms with van der Waals surface area (Å²) in [4.78, 5) is 29.7. The maximum absolute atomic E-state index is 14.8. The van der Waals surface area contributed by atoms with E-state index in [4.69, 9.17) is 4.74 Å². The summed E-state index contributed by atoms with van der Waals surface area (Å²) in [6.45, 7) is 1.39. The van der Waals surface area contributed by atoms with Crippen molar-refractivity contribution in [3.8, 4) is 6.01 Å². The van der Waals surface area contributed by atoms with E-state index in [1.54, 1.807) is 22.2 Å². The smallest absolute Gasteiger partial charge is 0.316 e. The van der Waals surface area contributed by atoms with Gasteiger partial charge in [-0.15, -0.1) is 0 Å². The number of carbonyl (C=O) groups is 1. The summed E-state index contributed by atoms with van der Waals surface area (Å²) in [6.07, 6.45) is 3.26. The van der Waals surface area contributed by atoms with E-state index < -0.39 is 12.0 Å². The van der Waals surface area contributed by atoms with Gasteiger partial charge in [-0.1, -0.05) is 36.4 Å². The molecule has 3 aromatic rings. The number of amides is 1. The van der Waals surface area contributed by atoms with Gasteiger partial charge in [-0.05, 0) is 28.3 Å². The van der Waals surface area contributed by atoms with Crippen molar-refractivity contribution in [2.45, 2.75) is 44.4 Å². The van der Waals surface area contributed by atoms with Crippen LogP contribution < -0.4 is 4.74 Å². The molecule has 4 heterocycles. The summed E-state index contributed by atoms with van der Waals surface area (Å²) in [5.74, 6) is -2.96. The number of hydrogen-bond donors (Lipinski definition) is 0. The van der Waals surface area contributed by atoms with Crippen LogP contribution in [0.5, 0.6) is 6.01 Å². The number of likely N-dealkylation sites (tertiary alicyclic amines) is 1. The number of rotatable bonds is 5. The molecule has 1 atom stereocenters. The van der Waals surface area contributed by atoms with Crippen LogP contribution in [0.3, 0.4) is 0 Å². The molecule has 2 aromatic carbocycles. The van der Waals surface area contributed by atoms with Crippen LogP contribution in [0, 0.1) is 0 Å². The molecule has 1 aromatic heterocycles. The Balaban J connectivity index is 1.25. The lowest BCUT2D eigenvalue weighted by Gasteiger charge is -2.44. The molecule has 1 saturated heterocycles. The molecule has 3 aliphatic rings. The second-order valence-electron chi connectivity index (χ2n) is 9.97. The van der Waals surface area contributed by atoms with Crippen molar-refractivity contribution in [2.75, 3.05) is 20.2 Å². The first-order valence-corrected chi connectivity index (χ1v) is 12.4. The predicted molar refractivity (Wildman–Crippen MR) is 134 cm³/mol. The Bertz CT molecular complexity index is 1360. The van der Waals surface area contributed by atoms with E-state index >= 15 is 0 Å². The largest absolute Gasteiger partial charge is 0.467 e. The molecular weight excluding hydrogens is 476 g/mol. The minimum atomic E-state index is -2.86. The number of methoxy groups -OCH3 is 1. The Morgan fingerprint density at radius 3 is 2.62 bits per heavy atom. The predicted octanol–water partition coefficient (Wildman–Crippen LogP) is 3.63. The van der Waals surface area contributed by atoms with Gasteiger partial charge in [0, 0.05) is 49.6 Å². The highest BCUT2D eigenvalue weighted by molar-refractivity contribution is 6.15. The summed E-state index contributed by atoms with van der Waals surface area (Å²) in [5.41, 5.74) is 6.51. The number of aromatic nitrogens is 2. The molecule has 0 bridgehead atoms. The fourth-order valence-corrected chi connectivity index (χ4v) is 5.65. The van der Waals surface area contributed by atoms with Gasteiger partial charge in [0.15, 0.2) is 0 Å². The molecule has 0 aliphatic carbocycles. The van der Waals surface area contributed by atoms with Crippen molar-refractivity contribution in [1.82, 2.24) is 19.8 Å². The number of piperidine rings is 1. The lowest BCUT2D eigenvalue weighted by molar-refractivity contribution is -0.143. The number of carbonyl (C=O) groups excluding carboxylic acids is 1. The van der Waals surface area contributed by atoms with Gasteiger partial charge in [0.25, 0.3) is 5.92 Å². The number of halogens is 2. The summed E-state index contributed by atoms with van der Waals surface area (Å²) in [5, 5.41) is 0. The molecule has 37 heavy (non-hydrogen) atoms. The third-order valence-corrected chi connectivity index (χ3v) is 7.32. The molecule has 0 saturated carbocycles. The molecule has 0 N–H and O–H groups in total. The second kappa shape index (κ2) is 9.30. The molecule has 1 unspecified atom stereocenters. The molecule has 6 rings (SSSR count). The Hall–Kier alpha value is -3.72. The molecule has 0 spiro atoms. The maximum Gasteiger partial charge on any atom is 0.316 e. The third kappa shape index (κ3) is 4.71. The standard InChI is InChI=1S/C28H27F2N5O2/c1-37-27-32-12-22(13-33-27)26-24-8-21-15-35(25(36)9-19(21)7-20(24)11-31-26)23-10-28(29,30)17-34(16-23)14-18-5-3-2-4-6-18/h2-8,12-13,23H,9-11,14-17H2,1H3. The van der Waals surface area contributed by atoms with Crippen molar-refractivity contribution in [2.24, 2.45) is 4.99 Å². The first-order chi connectivity index (χ1) is 17.9. The van der Waals surface area contributed by atoms with Crippen molar-refractivity contribution in [3.05, 3.63) is 88.2 Å². The minimum absolute atomic E-state index is 0.0995. The third-order valence-electron chi connectivity index (χ3n) is 7.32. The van der Waals surface area contributed by atoms with Crippen molar-refractivity contribution in [1.29, 1.82) is 0 Å². The molecule has 7 nitrogen and oxygen atoms in total. The van der Waals surface area contributed by atoms with E-state index in [1.807, 2.05) is 36.4 Å². The number of aliphatic imine (C=N–C) groups is 1. The Labute approximate surface area is 213 Å². The zero-order chi connectivity index (χ0) is 25.6. The van der Waals surface area contributed by atoms with Gasteiger partial charge < -0.3 is 9.64 Å². The van der Waals surface area contributed by atoms with Crippen LogP contribution in [0.2, 0.25) is 0 Å². The molecule has 9 heteroatoms. The Kier molecular flexibility index (Phi) is 5.95. The molecule has 3 aliphatic heterocycles. The second-order valence-corrected chi connectivity index (χ2v) is 9.97. The fourth-order valence-electron chi connectivity index (χ4n) is 5.65. The van der Waals surface area contributed by atoms with Gasteiger partial charge in [0.05, 0.1) is 38.4 Å². The number of hydrogen-bond acceptors (Lipinski definition) is 6. The molecule has 1 amide bonds. The van der Waals surface area contributed by atoms with Crippen molar-refractivity contribution in [3.63, 3.8) is 0 Å². The lowest BCUT2D eigenvalue weighted by Crippen LogP contribution is -2.57. The average molecular weight is 504 g/mol. The normalized spacial score (nSPS) is 20.8. The van der Waals surface area contributed by atoms with Crippen LogP contribution >= 0.6 is 0 Å². The number of nitrogens with zero attached hydrogens (tertiary/aromatic N) is 5. The first-order valence-electron chi connectivity index (χ1n) is 12.4. The zero-order valence-corrected chi connectivity index (χ0v) is 20.5. The van der Waals surface area contributed by atoms with E-state index in [2.05, 4.69) is 21.0 Å². The Morgan fingerprint density at radius 2 is 1.86 bits per heavy atom. The van der Waals surface area contributed by atoms with Crippen molar-refractivity contribution < 1.29 is 18.3 Å². The van der Waals surface area contributed by atoms with Gasteiger partial charge in [-0.25, -0.2) is 18.7 Å². The zero-order valence-electron chi connectivity index (χ0n) is 20.5. The Morgan fingerprint density at radius 1 is 1.08 bits per heavy atom. The van der Waals surface area contributed by atoms with Crippen LogP contribution in [0.15, 0.2) is 59.9 Å². The summed E-state index contributed by atoms with van der Waals surface area (Å²) >= 11 is 0. The van der Waals surface area contributed by atoms with E-state index in [-0.39, 0.29) is 31.3 Å². The first kappa shape index (κ1) is 23.7. The molecule has 0 radical (unpaired) electrons. The summed E-state index contributed by atoms with van der Waals surface area (Å²) in [7, 11) is 1.51. The van der Waals surface area contributed by atoms with Gasteiger partial charge >= 0.3 is 6.01 Å². The van der Waals surface area contributed by atoms with Crippen LogP contribution in [0.4, 0.5) is 8.78 Å². The topological polar surface area (TPSA) is 70.9 Å². The van der Waals surface area contributed by atoms with Crippen LogP contribution in [-0.2, 0) is 30.8 Å². The minimum Gasteiger partial charge on any atom is -0.467 e. The fraction of sp³-hybridized carbons (Fsp3) is 0.357. The lowest BCUT2D eigenvalue weighted by atomic mass is 9.89. The summed E-state index contributed by atoms with van der Waals surface area (Å²) < 4.78 is 34.7. The number of alkyl halides is 2. The molecule has 1 fully saturated rings. The molecular formula is C28H27F2N5O2.